The molecule has 0 aromatic carbocycles. The lowest BCUT2D eigenvalue weighted by Crippen LogP contribution is -2.36. The zero-order valence-corrected chi connectivity index (χ0v) is 34.5. The highest BCUT2D eigenvalue weighted by molar-refractivity contribution is 7.99. The van der Waals surface area contributed by atoms with Crippen molar-refractivity contribution in [2.24, 2.45) is 0 Å². The van der Waals surface area contributed by atoms with Gasteiger partial charge >= 0.3 is 0 Å². The van der Waals surface area contributed by atoms with Gasteiger partial charge in [-0.3, -0.25) is 9.78 Å². The fourth-order valence-corrected chi connectivity index (χ4v) is 8.27. The van der Waals surface area contributed by atoms with E-state index in [9.17, 15) is 9.90 Å². The fourth-order valence-electron chi connectivity index (χ4n) is 7.12. The number of aromatic amines is 2. The lowest BCUT2D eigenvalue weighted by molar-refractivity contribution is -0.117. The third kappa shape index (κ3) is 10.6. The number of hydrogen-bond acceptors (Lipinski definition) is 7. The molecule has 0 spiro atoms. The number of ether oxygens (including phenoxy) is 1. The van der Waals surface area contributed by atoms with Crippen LogP contribution in [0.1, 0.15) is 124 Å². The van der Waals surface area contributed by atoms with Gasteiger partial charge in [-0.1, -0.05) is 41.0 Å². The molecule has 0 radical (unpaired) electrons. The number of amides is 1. The maximum absolute atomic E-state index is 10.4. The molecular weight excluding hydrogens is 683 g/mol. The van der Waals surface area contributed by atoms with Gasteiger partial charge < -0.3 is 29.8 Å². The number of nitrogens with one attached hydrogen (secondary N) is 2. The molecule has 53 heavy (non-hydrogen) atoms. The van der Waals surface area contributed by atoms with E-state index in [1.807, 2.05) is 0 Å². The molecule has 6 rings (SSSR count). The number of aliphatic hydroxyl groups is 2. The summed E-state index contributed by atoms with van der Waals surface area (Å²) >= 11 is 1.64. The van der Waals surface area contributed by atoms with E-state index >= 15 is 0 Å². The SMILES string of the molecule is CCC.CCc1c(C)c2cc3[nH]c(cc4nc(c(C)c5nc(cc1[nH]2)C(C)=C5)CC4C)c(C)c3CC.CN(C=O)CCCSC1CC(O)CC(CO)O1. The molecule has 3 aromatic rings. The summed E-state index contributed by atoms with van der Waals surface area (Å²) in [4.78, 5) is 29.5. The Morgan fingerprint density at radius 3 is 2.15 bits per heavy atom. The number of fused-ring (bicyclic) bond motifs is 8. The first-order valence-electron chi connectivity index (χ1n) is 19.5. The standard InChI is InChI=1S/C29H34N4.C11H21NO4S.C3H8/c1-8-20-18(6)27-14-29-21(9-2)17(5)26(32-29)12-22-15(3)10-24(30-22)19(7)25-11-16(4)23(31-25)13-28(20)33-27;1-12(8-14)3-2-4-17-11-6-9(15)5-10(7-13)16-11;1-3-2/h11-15,32-33H,8-10H2,1-7H3;8-11,13,15H,2-7H2,1H3;3H2,1-2H3. The van der Waals surface area contributed by atoms with E-state index in [4.69, 9.17) is 19.8 Å². The molecule has 290 valence electrons. The summed E-state index contributed by atoms with van der Waals surface area (Å²) in [5.74, 6) is 1.28. The number of aromatic nitrogens is 4. The van der Waals surface area contributed by atoms with Crippen LogP contribution in [-0.4, -0.2) is 85.1 Å². The maximum atomic E-state index is 10.4. The normalized spacial score (nSPS) is 19.4. The lowest BCUT2D eigenvalue weighted by atomic mass is 10.0. The van der Waals surface area contributed by atoms with E-state index in [0.717, 1.165) is 72.7 Å². The van der Waals surface area contributed by atoms with Crippen LogP contribution in [0.4, 0.5) is 0 Å². The zero-order valence-electron chi connectivity index (χ0n) is 33.7. The third-order valence-corrected chi connectivity index (χ3v) is 11.4. The van der Waals surface area contributed by atoms with Gasteiger partial charge in [0, 0.05) is 65.8 Å². The minimum atomic E-state index is -0.379. The van der Waals surface area contributed by atoms with Crippen molar-refractivity contribution in [1.29, 1.82) is 0 Å². The van der Waals surface area contributed by atoms with Crippen LogP contribution in [0.25, 0.3) is 33.7 Å². The first-order valence-corrected chi connectivity index (χ1v) is 20.5. The largest absolute Gasteiger partial charge is 0.394 e. The number of aryl methyl sites for hydroxylation is 4. The van der Waals surface area contributed by atoms with Gasteiger partial charge in [-0.15, -0.1) is 11.8 Å². The van der Waals surface area contributed by atoms with Crippen molar-refractivity contribution in [3.8, 4) is 0 Å². The average molecular weight is 746 g/mol. The zero-order chi connectivity index (χ0) is 38.8. The van der Waals surface area contributed by atoms with Gasteiger partial charge in [-0.05, 0) is 117 Å². The molecule has 0 aliphatic carbocycles. The monoisotopic (exact) mass is 745 g/mol. The summed E-state index contributed by atoms with van der Waals surface area (Å²) in [7, 11) is 1.75. The van der Waals surface area contributed by atoms with Crippen molar-refractivity contribution < 1.29 is 19.7 Å². The van der Waals surface area contributed by atoms with Crippen molar-refractivity contribution in [3.05, 3.63) is 68.8 Å². The molecule has 1 fully saturated rings. The fraction of sp³-hybridized carbons (Fsp3) is 0.558. The van der Waals surface area contributed by atoms with E-state index in [0.29, 0.717) is 18.8 Å². The number of nitrogens with zero attached hydrogens (tertiary/aromatic N) is 3. The molecule has 1 saturated heterocycles. The Balaban J connectivity index is 0.000000265. The Kier molecular flexibility index (Phi) is 15.8. The Labute approximate surface area is 321 Å². The maximum Gasteiger partial charge on any atom is 0.209 e. The molecular formula is C43H63N5O4S. The highest BCUT2D eigenvalue weighted by atomic mass is 32.2. The van der Waals surface area contributed by atoms with Crippen LogP contribution in [-0.2, 0) is 28.8 Å². The van der Waals surface area contributed by atoms with Crippen LogP contribution in [0, 0.1) is 20.8 Å². The molecule has 3 aromatic heterocycles. The molecule has 3 aliphatic heterocycles. The predicted molar refractivity (Wildman–Crippen MR) is 222 cm³/mol. The summed E-state index contributed by atoms with van der Waals surface area (Å²) in [5, 5.41) is 18.6. The average Bonchev–Trinajstić information content (AvgIpc) is 3.86. The third-order valence-electron chi connectivity index (χ3n) is 10.2. The number of rotatable bonds is 9. The minimum absolute atomic E-state index is 0.0397. The van der Waals surface area contributed by atoms with Crippen molar-refractivity contribution >= 4 is 51.9 Å². The van der Waals surface area contributed by atoms with Crippen LogP contribution in [0.3, 0.4) is 0 Å². The van der Waals surface area contributed by atoms with Crippen LogP contribution < -0.4 is 0 Å². The van der Waals surface area contributed by atoms with Crippen LogP contribution in [0.15, 0.2) is 18.2 Å². The second kappa shape index (κ2) is 19.8. The molecule has 4 N–H and O–H groups in total. The molecule has 9 nitrogen and oxygen atoms in total. The Morgan fingerprint density at radius 1 is 0.925 bits per heavy atom. The van der Waals surface area contributed by atoms with E-state index in [1.54, 1.807) is 23.7 Å². The van der Waals surface area contributed by atoms with Gasteiger partial charge in [-0.2, -0.15) is 0 Å². The molecule has 6 heterocycles. The first kappa shape index (κ1) is 42.3. The highest BCUT2D eigenvalue weighted by Gasteiger charge is 2.28. The van der Waals surface area contributed by atoms with Crippen molar-refractivity contribution in [1.82, 2.24) is 24.8 Å². The van der Waals surface area contributed by atoms with E-state index < -0.39 is 0 Å². The van der Waals surface area contributed by atoms with Crippen molar-refractivity contribution in [2.75, 3.05) is 26.0 Å². The minimum Gasteiger partial charge on any atom is -0.394 e. The smallest absolute Gasteiger partial charge is 0.209 e. The summed E-state index contributed by atoms with van der Waals surface area (Å²) in [5.41, 5.74) is 16.8. The van der Waals surface area contributed by atoms with Gasteiger partial charge in [0.2, 0.25) is 6.41 Å². The number of H-pyrrole nitrogens is 2. The molecule has 1 amide bonds. The van der Waals surface area contributed by atoms with Crippen LogP contribution in [0.5, 0.6) is 0 Å². The van der Waals surface area contributed by atoms with E-state index in [-0.39, 0.29) is 24.3 Å². The molecule has 10 heteroatoms. The number of hydrogen-bond donors (Lipinski definition) is 4. The second-order valence-corrected chi connectivity index (χ2v) is 16.0. The Morgan fingerprint density at radius 2 is 1.55 bits per heavy atom. The van der Waals surface area contributed by atoms with Crippen LogP contribution in [0.2, 0.25) is 0 Å². The first-order chi connectivity index (χ1) is 25.4. The van der Waals surface area contributed by atoms with Gasteiger partial charge in [0.15, 0.2) is 0 Å². The number of carbonyl (C=O) groups is 1. The topological polar surface area (TPSA) is 127 Å². The summed E-state index contributed by atoms with van der Waals surface area (Å²) in [6.07, 6.45) is 8.62. The molecule has 0 saturated carbocycles. The van der Waals surface area contributed by atoms with Crippen LogP contribution >= 0.6 is 11.8 Å². The highest BCUT2D eigenvalue weighted by Crippen LogP contribution is 2.32. The van der Waals surface area contributed by atoms with Gasteiger partial charge in [-0.25, -0.2) is 4.98 Å². The summed E-state index contributed by atoms with van der Waals surface area (Å²) < 4.78 is 5.61. The van der Waals surface area contributed by atoms with Gasteiger partial charge in [0.1, 0.15) is 5.44 Å². The quantitative estimate of drug-likeness (QED) is 0.127. The van der Waals surface area contributed by atoms with Gasteiger partial charge in [0.05, 0.1) is 30.2 Å². The van der Waals surface area contributed by atoms with E-state index in [1.165, 1.54) is 56.4 Å². The summed E-state index contributed by atoms with van der Waals surface area (Å²) in [6.45, 7) is 20.4. The second-order valence-electron chi connectivity index (χ2n) is 14.7. The Hall–Kier alpha value is -3.44. The van der Waals surface area contributed by atoms with E-state index in [2.05, 4.69) is 96.6 Å². The van der Waals surface area contributed by atoms with Gasteiger partial charge in [0.25, 0.3) is 0 Å². The number of allylic oxidation sites excluding steroid dienone is 1. The summed E-state index contributed by atoms with van der Waals surface area (Å²) in [6, 6.07) is 6.76. The number of aliphatic hydroxyl groups excluding tert-OH is 2. The lowest BCUT2D eigenvalue weighted by Gasteiger charge is -2.31. The molecule has 4 atom stereocenters. The molecule has 3 aliphatic rings. The molecule has 8 bridgehead atoms. The van der Waals surface area contributed by atoms with Crippen molar-refractivity contribution in [3.63, 3.8) is 0 Å². The number of thioether (sulfide) groups is 1. The predicted octanol–water partition coefficient (Wildman–Crippen LogP) is 8.74. The van der Waals surface area contributed by atoms with Crippen molar-refractivity contribution in [2.45, 2.75) is 131 Å². The Bertz CT molecular complexity index is 1900. The molecule has 4 unspecified atom stereocenters. The number of carbonyl (C=O) groups excluding carboxylic acids is 1.